The van der Waals surface area contributed by atoms with Crippen LogP contribution in [0.25, 0.3) is 0 Å². The highest BCUT2D eigenvalue weighted by atomic mass is 32.1. The van der Waals surface area contributed by atoms with Crippen molar-refractivity contribution in [3.63, 3.8) is 0 Å². The molecule has 0 radical (unpaired) electrons. The minimum atomic E-state index is -0.192. The van der Waals surface area contributed by atoms with E-state index in [-0.39, 0.29) is 12.5 Å². The van der Waals surface area contributed by atoms with Gasteiger partial charge in [0.1, 0.15) is 12.4 Å². The first kappa shape index (κ1) is 13.3. The molecule has 0 unspecified atom stereocenters. The zero-order valence-corrected chi connectivity index (χ0v) is 10.9. The number of amides is 1. The maximum Gasteiger partial charge on any atom is 0.230 e. The average molecular weight is 272 g/mol. The van der Waals surface area contributed by atoms with E-state index < -0.39 is 0 Å². The molecule has 0 aliphatic heterocycles. The summed E-state index contributed by atoms with van der Waals surface area (Å²) in [4.78, 5) is 16.9. The molecule has 1 amide bonds. The van der Waals surface area contributed by atoms with Crippen molar-refractivity contribution in [3.8, 4) is 11.8 Å². The van der Waals surface area contributed by atoms with Crippen molar-refractivity contribution in [1.82, 2.24) is 4.98 Å². The molecule has 2 rings (SSSR count). The third kappa shape index (κ3) is 4.21. The van der Waals surface area contributed by atoms with E-state index in [2.05, 4.69) is 22.1 Å². The fraction of sp³-hybridized carbons (Fsp3) is 0.143. The Morgan fingerprint density at radius 3 is 3.11 bits per heavy atom. The van der Waals surface area contributed by atoms with Gasteiger partial charge < -0.3 is 10.4 Å². The van der Waals surface area contributed by atoms with Gasteiger partial charge >= 0.3 is 0 Å². The quantitative estimate of drug-likeness (QED) is 0.835. The third-order valence-electron chi connectivity index (χ3n) is 2.25. The van der Waals surface area contributed by atoms with E-state index in [0.29, 0.717) is 17.8 Å². The van der Waals surface area contributed by atoms with Crippen LogP contribution in [-0.4, -0.2) is 22.6 Å². The molecule has 2 N–H and O–H groups in total. The van der Waals surface area contributed by atoms with E-state index in [9.17, 15) is 4.79 Å². The van der Waals surface area contributed by atoms with E-state index in [4.69, 9.17) is 5.11 Å². The standard InChI is InChI=1S/C14H12N2O2S/c17-7-1-3-11-5-6-15-13(9-11)16-14(18)10-12-4-2-8-19-12/h2,4-6,8-9,17H,7,10H2,(H,15,16,18). The molecule has 4 nitrogen and oxygen atoms in total. The predicted molar refractivity (Wildman–Crippen MR) is 74.9 cm³/mol. The number of aliphatic hydroxyl groups excluding tert-OH is 1. The van der Waals surface area contributed by atoms with Crippen molar-refractivity contribution in [3.05, 3.63) is 46.3 Å². The zero-order valence-electron chi connectivity index (χ0n) is 10.1. The third-order valence-corrected chi connectivity index (χ3v) is 3.13. The molecule has 96 valence electrons. The van der Waals surface area contributed by atoms with Crippen molar-refractivity contribution in [2.45, 2.75) is 6.42 Å². The van der Waals surface area contributed by atoms with E-state index >= 15 is 0 Å². The molecule has 2 heterocycles. The summed E-state index contributed by atoms with van der Waals surface area (Å²) in [6.07, 6.45) is 1.91. The number of carbonyl (C=O) groups is 1. The first-order chi connectivity index (χ1) is 9.28. The summed E-state index contributed by atoms with van der Waals surface area (Å²) < 4.78 is 0. The first-order valence-electron chi connectivity index (χ1n) is 5.66. The van der Waals surface area contributed by atoms with Gasteiger partial charge in [0, 0.05) is 16.6 Å². The van der Waals surface area contributed by atoms with Crippen LogP contribution in [0.15, 0.2) is 35.8 Å². The maximum absolute atomic E-state index is 11.8. The van der Waals surface area contributed by atoms with Crippen molar-refractivity contribution in [2.24, 2.45) is 0 Å². The molecule has 2 aromatic rings. The lowest BCUT2D eigenvalue weighted by atomic mass is 10.2. The number of nitrogens with one attached hydrogen (secondary N) is 1. The predicted octanol–water partition coefficient (Wildman–Crippen LogP) is 1.67. The van der Waals surface area contributed by atoms with Gasteiger partial charge in [-0.25, -0.2) is 4.98 Å². The minimum Gasteiger partial charge on any atom is -0.384 e. The van der Waals surface area contributed by atoms with E-state index in [0.717, 1.165) is 4.88 Å². The minimum absolute atomic E-state index is 0.109. The lowest BCUT2D eigenvalue weighted by molar-refractivity contribution is -0.115. The lowest BCUT2D eigenvalue weighted by Crippen LogP contribution is -2.14. The van der Waals surface area contributed by atoms with Crippen LogP contribution >= 0.6 is 11.3 Å². The smallest absolute Gasteiger partial charge is 0.230 e. The molecule has 19 heavy (non-hydrogen) atoms. The lowest BCUT2D eigenvalue weighted by Gasteiger charge is -2.03. The van der Waals surface area contributed by atoms with Gasteiger partial charge in [-0.15, -0.1) is 11.3 Å². The largest absolute Gasteiger partial charge is 0.384 e. The molecule has 2 aromatic heterocycles. The van der Waals surface area contributed by atoms with E-state index in [1.165, 1.54) is 0 Å². The Bertz CT molecular complexity index is 612. The summed E-state index contributed by atoms with van der Waals surface area (Å²) in [6, 6.07) is 7.23. The Labute approximate surface area is 115 Å². The summed E-state index contributed by atoms with van der Waals surface area (Å²) in [5, 5.41) is 13.3. The number of anilines is 1. The summed E-state index contributed by atoms with van der Waals surface area (Å²) in [5.41, 5.74) is 0.704. The van der Waals surface area contributed by atoms with Crippen LogP contribution < -0.4 is 5.32 Å². The first-order valence-corrected chi connectivity index (χ1v) is 6.54. The van der Waals surface area contributed by atoms with Crippen LogP contribution in [0.1, 0.15) is 10.4 Å². The van der Waals surface area contributed by atoms with E-state index in [1.54, 1.807) is 29.7 Å². The second-order valence-electron chi connectivity index (χ2n) is 3.69. The molecule has 0 spiro atoms. The second kappa shape index (κ2) is 6.69. The van der Waals surface area contributed by atoms with Crippen LogP contribution in [0.5, 0.6) is 0 Å². The second-order valence-corrected chi connectivity index (χ2v) is 4.73. The molecule has 0 fully saturated rings. The van der Waals surface area contributed by atoms with Crippen molar-refractivity contribution >= 4 is 23.1 Å². The fourth-order valence-corrected chi connectivity index (χ4v) is 2.18. The Kier molecular flexibility index (Phi) is 4.67. The van der Waals surface area contributed by atoms with Crippen LogP contribution in [-0.2, 0) is 11.2 Å². The fourth-order valence-electron chi connectivity index (χ4n) is 1.48. The highest BCUT2D eigenvalue weighted by molar-refractivity contribution is 7.10. The Morgan fingerprint density at radius 2 is 2.37 bits per heavy atom. The summed E-state index contributed by atoms with van der Waals surface area (Å²) in [6.45, 7) is -0.192. The number of aliphatic hydroxyl groups is 1. The molecule has 0 bridgehead atoms. The molecule has 0 aromatic carbocycles. The molecule has 5 heteroatoms. The normalized spacial score (nSPS) is 9.53. The highest BCUT2D eigenvalue weighted by Gasteiger charge is 2.05. The number of carbonyl (C=O) groups excluding carboxylic acids is 1. The average Bonchev–Trinajstić information content (AvgIpc) is 2.89. The molecule has 0 atom stereocenters. The summed E-state index contributed by atoms with van der Waals surface area (Å²) in [5.74, 6) is 5.67. The number of thiophene rings is 1. The molecular weight excluding hydrogens is 260 g/mol. The molecule has 0 aliphatic rings. The SMILES string of the molecule is O=C(Cc1cccs1)Nc1cc(C#CCO)ccn1. The van der Waals surface area contributed by atoms with Gasteiger partial charge in [-0.2, -0.15) is 0 Å². The van der Waals surface area contributed by atoms with Gasteiger partial charge in [-0.05, 0) is 23.6 Å². The van der Waals surface area contributed by atoms with Gasteiger partial charge in [0.15, 0.2) is 0 Å². The number of nitrogens with zero attached hydrogens (tertiary/aromatic N) is 1. The van der Waals surface area contributed by atoms with Crippen LogP contribution in [0.4, 0.5) is 5.82 Å². The summed E-state index contributed by atoms with van der Waals surface area (Å²) in [7, 11) is 0. The number of pyridine rings is 1. The van der Waals surface area contributed by atoms with Gasteiger partial charge in [0.2, 0.25) is 5.91 Å². The van der Waals surface area contributed by atoms with Crippen molar-refractivity contribution in [1.29, 1.82) is 0 Å². The molecule has 0 saturated carbocycles. The van der Waals surface area contributed by atoms with Crippen LogP contribution in [0, 0.1) is 11.8 Å². The van der Waals surface area contributed by atoms with Crippen LogP contribution in [0.3, 0.4) is 0 Å². The molecule has 0 aliphatic carbocycles. The highest BCUT2D eigenvalue weighted by Crippen LogP contribution is 2.11. The number of hydrogen-bond acceptors (Lipinski definition) is 4. The van der Waals surface area contributed by atoms with Gasteiger partial charge in [0.05, 0.1) is 6.42 Å². The van der Waals surface area contributed by atoms with Crippen molar-refractivity contribution < 1.29 is 9.90 Å². The number of hydrogen-bond donors (Lipinski definition) is 2. The molecular formula is C14H12N2O2S. The Balaban J connectivity index is 2.00. The van der Waals surface area contributed by atoms with Gasteiger partial charge in [-0.3, -0.25) is 4.79 Å². The maximum atomic E-state index is 11.8. The monoisotopic (exact) mass is 272 g/mol. The Morgan fingerprint density at radius 1 is 1.47 bits per heavy atom. The van der Waals surface area contributed by atoms with Crippen LogP contribution in [0.2, 0.25) is 0 Å². The van der Waals surface area contributed by atoms with E-state index in [1.807, 2.05) is 17.5 Å². The number of aromatic nitrogens is 1. The zero-order chi connectivity index (χ0) is 13.5. The number of rotatable bonds is 3. The topological polar surface area (TPSA) is 62.2 Å². The molecule has 0 saturated heterocycles. The van der Waals surface area contributed by atoms with Gasteiger partial charge in [-0.1, -0.05) is 17.9 Å². The Hall–Kier alpha value is -2.16. The summed E-state index contributed by atoms with van der Waals surface area (Å²) >= 11 is 1.54. The van der Waals surface area contributed by atoms with Gasteiger partial charge in [0.25, 0.3) is 0 Å². The van der Waals surface area contributed by atoms with Crippen molar-refractivity contribution in [2.75, 3.05) is 11.9 Å².